The van der Waals surface area contributed by atoms with Crippen LogP contribution in [0.15, 0.2) is 96.2 Å². The summed E-state index contributed by atoms with van der Waals surface area (Å²) in [7, 11) is -2.48. The van der Waals surface area contributed by atoms with Crippen LogP contribution >= 0.6 is 0 Å². The zero-order valence-electron chi connectivity index (χ0n) is 28.3. The Morgan fingerprint density at radius 3 is 2.15 bits per heavy atom. The predicted molar refractivity (Wildman–Crippen MR) is 183 cm³/mol. The number of nitrogens with one attached hydrogen (secondary N) is 1. The third-order valence-electron chi connectivity index (χ3n) is 6.72. The number of sulfonamides is 1. The highest BCUT2D eigenvalue weighted by molar-refractivity contribution is 7.89. The lowest BCUT2D eigenvalue weighted by atomic mass is 9.99. The minimum atomic E-state index is -4.09. The molecule has 12 heteroatoms. The van der Waals surface area contributed by atoms with Crippen molar-refractivity contribution in [2.75, 3.05) is 18.6 Å². The summed E-state index contributed by atoms with van der Waals surface area (Å²) in [6.45, 7) is 9.83. The van der Waals surface area contributed by atoms with Crippen LogP contribution in [0.25, 0.3) is 11.1 Å². The van der Waals surface area contributed by atoms with Gasteiger partial charge >= 0.3 is 12.1 Å². The van der Waals surface area contributed by atoms with E-state index in [0.717, 1.165) is 27.3 Å². The molecule has 1 unspecified atom stereocenters. The first kappa shape index (κ1) is 36.0. The summed E-state index contributed by atoms with van der Waals surface area (Å²) >= 11 is 0. The van der Waals surface area contributed by atoms with Crippen LogP contribution in [0.3, 0.4) is 0 Å². The van der Waals surface area contributed by atoms with Crippen molar-refractivity contribution in [3.8, 4) is 16.9 Å². The van der Waals surface area contributed by atoms with Crippen LogP contribution in [0.2, 0.25) is 0 Å². The number of aromatic nitrogens is 2. The molecule has 0 saturated heterocycles. The summed E-state index contributed by atoms with van der Waals surface area (Å²) in [5.74, 6) is 0.158. The molecule has 0 saturated carbocycles. The van der Waals surface area contributed by atoms with Gasteiger partial charge in [-0.3, -0.25) is 9.69 Å². The molecule has 0 aliphatic rings. The van der Waals surface area contributed by atoms with Crippen molar-refractivity contribution < 1.29 is 32.2 Å². The number of amides is 1. The van der Waals surface area contributed by atoms with E-state index in [1.807, 2.05) is 48.5 Å². The predicted octanol–water partition coefficient (Wildman–Crippen LogP) is 6.50. The maximum absolute atomic E-state index is 13.5. The van der Waals surface area contributed by atoms with Crippen LogP contribution in [0, 0.1) is 0 Å². The summed E-state index contributed by atoms with van der Waals surface area (Å²) < 4.78 is 46.2. The fraction of sp³-hybridized carbons (Fsp3) is 0.333. The Bertz CT molecular complexity index is 1820. The smallest absolute Gasteiger partial charge is 0.416 e. The molecule has 4 rings (SSSR count). The van der Waals surface area contributed by atoms with Gasteiger partial charge in [-0.15, -0.1) is 0 Å². The highest BCUT2D eigenvalue weighted by Gasteiger charge is 2.30. The first-order chi connectivity index (χ1) is 22.5. The molecule has 254 valence electrons. The molecule has 2 heterocycles. The van der Waals surface area contributed by atoms with Crippen LogP contribution in [0.4, 0.5) is 10.6 Å². The minimum absolute atomic E-state index is 0.0861. The second-order valence-corrected chi connectivity index (χ2v) is 14.7. The lowest BCUT2D eigenvalue weighted by Crippen LogP contribution is -2.42. The highest BCUT2D eigenvalue weighted by atomic mass is 32.2. The van der Waals surface area contributed by atoms with Crippen molar-refractivity contribution in [3.05, 3.63) is 102 Å². The van der Waals surface area contributed by atoms with E-state index in [0.29, 0.717) is 5.69 Å². The van der Waals surface area contributed by atoms with Crippen LogP contribution in [-0.4, -0.2) is 55.3 Å². The normalized spacial score (nSPS) is 12.6. The largest absolute Gasteiger partial charge is 0.497 e. The summed E-state index contributed by atoms with van der Waals surface area (Å²) in [5, 5.41) is -0.153. The Kier molecular flexibility index (Phi) is 11.2. The van der Waals surface area contributed by atoms with Crippen molar-refractivity contribution in [3.63, 3.8) is 0 Å². The fourth-order valence-corrected chi connectivity index (χ4v) is 5.83. The van der Waals surface area contributed by atoms with Crippen molar-refractivity contribution in [1.29, 1.82) is 0 Å². The Morgan fingerprint density at radius 2 is 1.52 bits per heavy atom. The third-order valence-corrected chi connectivity index (χ3v) is 8.10. The Balaban J connectivity index is 1.72. The van der Waals surface area contributed by atoms with Crippen LogP contribution in [-0.2, 0) is 30.7 Å². The summed E-state index contributed by atoms with van der Waals surface area (Å²) in [4.78, 5) is 36.0. The van der Waals surface area contributed by atoms with E-state index in [4.69, 9.17) is 14.2 Å². The number of carbonyl (C=O) groups is 2. The van der Waals surface area contributed by atoms with E-state index >= 15 is 0 Å². The quantitative estimate of drug-likeness (QED) is 0.177. The Morgan fingerprint density at radius 1 is 0.833 bits per heavy atom. The molecule has 11 nitrogen and oxygen atoms in total. The van der Waals surface area contributed by atoms with Crippen molar-refractivity contribution in [1.82, 2.24) is 14.7 Å². The van der Waals surface area contributed by atoms with Crippen molar-refractivity contribution >= 4 is 27.9 Å². The highest BCUT2D eigenvalue weighted by Crippen LogP contribution is 2.27. The van der Waals surface area contributed by atoms with Crippen molar-refractivity contribution in [2.45, 2.75) is 70.2 Å². The standard InChI is InChI=1S/C36H42N4O7S/c1-35(2,3)46-33(41)24-40(34(42)47-36(4,5)6)31-15-11-14-29(38-31)30(39-48(43,44)32-16-8-9-21-37-32)22-25-17-19-26(20-18-25)27-12-10-13-28(23-27)45-7/h8-21,23,30,39H,22,24H2,1-7H3. The SMILES string of the molecule is COc1cccc(-c2ccc(CC(NS(=O)(=O)c3ccccn3)c3cccc(N(CC(=O)OC(C)(C)C)C(=O)OC(C)(C)C)n3)cc2)c1. The van der Waals surface area contributed by atoms with Crippen LogP contribution < -0.4 is 14.4 Å². The number of nitrogens with zero attached hydrogens (tertiary/aromatic N) is 3. The van der Waals surface area contributed by atoms with Gasteiger partial charge in [-0.1, -0.05) is 48.5 Å². The average molecular weight is 675 g/mol. The lowest BCUT2D eigenvalue weighted by molar-refractivity contribution is -0.153. The van der Waals surface area contributed by atoms with Gasteiger partial charge in [-0.2, -0.15) is 0 Å². The van der Waals surface area contributed by atoms with Gasteiger partial charge in [-0.05, 0) is 101 Å². The maximum Gasteiger partial charge on any atom is 0.416 e. The fourth-order valence-electron chi connectivity index (χ4n) is 4.67. The summed E-state index contributed by atoms with van der Waals surface area (Å²) in [6, 6.07) is 24.0. The van der Waals surface area contributed by atoms with Gasteiger partial charge in [-0.25, -0.2) is 27.9 Å². The number of methoxy groups -OCH3 is 1. The summed E-state index contributed by atoms with van der Waals surface area (Å²) in [5.41, 5.74) is 1.40. The van der Waals surface area contributed by atoms with Gasteiger partial charge in [0, 0.05) is 6.20 Å². The van der Waals surface area contributed by atoms with E-state index in [9.17, 15) is 18.0 Å². The first-order valence-corrected chi connectivity index (χ1v) is 16.9. The number of ether oxygens (including phenoxy) is 3. The summed E-state index contributed by atoms with van der Waals surface area (Å²) in [6.07, 6.45) is 0.797. The molecule has 48 heavy (non-hydrogen) atoms. The second kappa shape index (κ2) is 15.0. The molecule has 0 radical (unpaired) electrons. The number of hydrogen-bond acceptors (Lipinski definition) is 9. The van der Waals surface area contributed by atoms with E-state index in [-0.39, 0.29) is 17.3 Å². The zero-order chi connectivity index (χ0) is 35.1. The number of benzene rings is 2. The second-order valence-electron chi connectivity index (χ2n) is 13.0. The molecule has 0 aliphatic heterocycles. The van der Waals surface area contributed by atoms with Crippen LogP contribution in [0.1, 0.15) is 58.8 Å². The van der Waals surface area contributed by atoms with E-state index in [1.54, 1.807) is 79.0 Å². The molecule has 2 aromatic heterocycles. The molecular formula is C36H42N4O7S. The first-order valence-electron chi connectivity index (χ1n) is 15.4. The minimum Gasteiger partial charge on any atom is -0.497 e. The van der Waals surface area contributed by atoms with Gasteiger partial charge < -0.3 is 14.2 Å². The van der Waals surface area contributed by atoms with Gasteiger partial charge in [0.2, 0.25) is 0 Å². The molecule has 0 aliphatic carbocycles. The molecule has 1 atom stereocenters. The van der Waals surface area contributed by atoms with Gasteiger partial charge in [0.05, 0.1) is 18.8 Å². The number of carbonyl (C=O) groups excluding carboxylic acids is 2. The van der Waals surface area contributed by atoms with Gasteiger partial charge in [0.1, 0.15) is 29.3 Å². The molecule has 0 fully saturated rings. The number of pyridine rings is 2. The van der Waals surface area contributed by atoms with Gasteiger partial charge in [0.25, 0.3) is 10.0 Å². The van der Waals surface area contributed by atoms with E-state index in [2.05, 4.69) is 14.7 Å². The van der Waals surface area contributed by atoms with E-state index in [1.165, 1.54) is 12.3 Å². The molecular weight excluding hydrogens is 632 g/mol. The Hall–Kier alpha value is -4.81. The topological polar surface area (TPSA) is 137 Å². The molecule has 0 bridgehead atoms. The van der Waals surface area contributed by atoms with Crippen molar-refractivity contribution in [2.24, 2.45) is 0 Å². The number of rotatable bonds is 11. The molecule has 2 aromatic carbocycles. The number of hydrogen-bond donors (Lipinski definition) is 1. The molecule has 4 aromatic rings. The Labute approximate surface area is 282 Å². The molecule has 0 spiro atoms. The van der Waals surface area contributed by atoms with Crippen LogP contribution in [0.5, 0.6) is 5.75 Å². The maximum atomic E-state index is 13.5. The number of anilines is 1. The zero-order valence-corrected chi connectivity index (χ0v) is 29.1. The third kappa shape index (κ3) is 10.3. The monoisotopic (exact) mass is 674 g/mol. The molecule has 1 N–H and O–H groups in total. The van der Waals surface area contributed by atoms with Gasteiger partial charge in [0.15, 0.2) is 5.03 Å². The average Bonchev–Trinajstić information content (AvgIpc) is 3.02. The van der Waals surface area contributed by atoms with E-state index < -0.39 is 45.9 Å². The molecule has 1 amide bonds. The lowest BCUT2D eigenvalue weighted by Gasteiger charge is -2.28. The number of esters is 1.